The molecular weight excluding hydrogens is 380 g/mol. The molecule has 1 aliphatic heterocycles. The summed E-state index contributed by atoms with van der Waals surface area (Å²) in [5, 5.41) is 15.8. The van der Waals surface area contributed by atoms with Crippen LogP contribution in [0.5, 0.6) is 5.75 Å². The van der Waals surface area contributed by atoms with Crippen molar-refractivity contribution in [3.05, 3.63) is 53.3 Å². The Hall–Kier alpha value is -2.35. The molecule has 0 radical (unpaired) electrons. The van der Waals surface area contributed by atoms with Crippen LogP contribution in [0, 0.1) is 0 Å². The number of carbonyl (C=O) groups is 1. The number of hydrogen-bond donors (Lipinski definition) is 3. The van der Waals surface area contributed by atoms with Crippen molar-refractivity contribution in [2.75, 3.05) is 38.7 Å². The number of nitrogens with zero attached hydrogens (tertiary/aromatic N) is 2. The maximum absolute atomic E-state index is 12.5. The first-order chi connectivity index (χ1) is 13.6. The van der Waals surface area contributed by atoms with E-state index in [1.807, 2.05) is 12.1 Å². The number of anilines is 1. The molecule has 1 aliphatic rings. The van der Waals surface area contributed by atoms with Crippen molar-refractivity contribution in [3.8, 4) is 5.75 Å². The van der Waals surface area contributed by atoms with Gasteiger partial charge in [-0.15, -0.1) is 0 Å². The topological polar surface area (TPSA) is 86.7 Å². The highest BCUT2D eigenvalue weighted by atomic mass is 35.5. The summed E-state index contributed by atoms with van der Waals surface area (Å²) in [5.41, 5.74) is 1.57. The third kappa shape index (κ3) is 5.34. The number of nitrogens with one attached hydrogen (secondary N) is 2. The highest BCUT2D eigenvalue weighted by Gasteiger charge is 2.32. The minimum absolute atomic E-state index is 0.0159. The van der Waals surface area contributed by atoms with Gasteiger partial charge in [-0.25, -0.2) is 4.79 Å². The number of methoxy groups -OCH3 is 1. The number of piperidine rings is 1. The van der Waals surface area contributed by atoms with Gasteiger partial charge in [0.1, 0.15) is 5.75 Å². The van der Waals surface area contributed by atoms with Crippen LogP contribution in [0.2, 0.25) is 5.02 Å². The second-order valence-electron chi connectivity index (χ2n) is 6.75. The first-order valence-corrected chi connectivity index (χ1v) is 9.63. The number of β-amino-alcohol motifs (C(OH)–C–C–N with tert-alkyl or cyclic N) is 1. The van der Waals surface area contributed by atoms with Crippen molar-refractivity contribution < 1.29 is 14.6 Å². The summed E-state index contributed by atoms with van der Waals surface area (Å²) in [4.78, 5) is 19.2. The van der Waals surface area contributed by atoms with Crippen molar-refractivity contribution in [2.45, 2.75) is 18.4 Å². The molecule has 3 N–H and O–H groups in total. The quantitative estimate of drug-likeness (QED) is 0.689. The van der Waals surface area contributed by atoms with Gasteiger partial charge >= 0.3 is 6.03 Å². The summed E-state index contributed by atoms with van der Waals surface area (Å²) in [6, 6.07) is 10.5. The highest BCUT2D eigenvalue weighted by molar-refractivity contribution is 6.30. The Morgan fingerprint density at radius 3 is 2.75 bits per heavy atom. The fraction of sp³-hybridized carbons (Fsp3) is 0.400. The Morgan fingerprint density at radius 2 is 2.11 bits per heavy atom. The largest absolute Gasteiger partial charge is 0.495 e. The van der Waals surface area contributed by atoms with Gasteiger partial charge in [-0.1, -0.05) is 11.6 Å². The Kier molecular flexibility index (Phi) is 7.08. The first-order valence-electron chi connectivity index (χ1n) is 9.25. The van der Waals surface area contributed by atoms with E-state index in [4.69, 9.17) is 16.3 Å². The lowest BCUT2D eigenvalue weighted by atomic mass is 9.89. The molecule has 1 aromatic carbocycles. The summed E-state index contributed by atoms with van der Waals surface area (Å²) in [7, 11) is 1.60. The van der Waals surface area contributed by atoms with Crippen LogP contribution in [-0.2, 0) is 0 Å². The molecule has 0 saturated carbocycles. The maximum atomic E-state index is 12.5. The average molecular weight is 405 g/mol. The summed E-state index contributed by atoms with van der Waals surface area (Å²) in [5.74, 6) is 0.707. The number of carbonyl (C=O) groups excluding carboxylic acids is 1. The Labute approximate surface area is 169 Å². The Balaban J connectivity index is 1.70. The number of ether oxygens (including phenoxy) is 1. The SMILES string of the molecule is COc1ccc([C@@H]2CN(CCO)CC[C@H]2NC(=O)Nc2ccc(Cl)cc2)nc1. The predicted molar refractivity (Wildman–Crippen MR) is 109 cm³/mol. The van der Waals surface area contributed by atoms with E-state index in [1.54, 1.807) is 37.6 Å². The molecule has 7 nitrogen and oxygen atoms in total. The molecule has 2 amide bonds. The van der Waals surface area contributed by atoms with Crippen LogP contribution in [-0.4, -0.2) is 60.4 Å². The normalized spacial score (nSPS) is 19.8. The van der Waals surface area contributed by atoms with Gasteiger partial charge in [-0.05, 0) is 42.8 Å². The lowest BCUT2D eigenvalue weighted by molar-refractivity contribution is 0.141. The highest BCUT2D eigenvalue weighted by Crippen LogP contribution is 2.27. The lowest BCUT2D eigenvalue weighted by Crippen LogP contribution is -2.51. The standard InChI is InChI=1S/C20H25ClN4O3/c1-28-16-6-7-18(22-12-16)17-13-25(10-11-26)9-8-19(17)24-20(27)23-15-4-2-14(21)3-5-15/h2-7,12,17,19,26H,8-11,13H2,1H3,(H2,23,24,27)/t17-,19+/m0/s1. The molecule has 2 aromatic rings. The van der Waals surface area contributed by atoms with E-state index in [0.717, 1.165) is 18.7 Å². The number of pyridine rings is 1. The molecule has 1 aromatic heterocycles. The smallest absolute Gasteiger partial charge is 0.319 e. The molecule has 0 aliphatic carbocycles. The van der Waals surface area contributed by atoms with Crippen molar-refractivity contribution in [3.63, 3.8) is 0 Å². The number of halogens is 1. The van der Waals surface area contributed by atoms with Gasteiger partial charge in [0, 0.05) is 48.0 Å². The summed E-state index contributed by atoms with van der Waals surface area (Å²) >= 11 is 5.89. The maximum Gasteiger partial charge on any atom is 0.319 e. The number of aromatic nitrogens is 1. The van der Waals surface area contributed by atoms with Gasteiger partial charge in [-0.2, -0.15) is 0 Å². The second-order valence-corrected chi connectivity index (χ2v) is 7.19. The van der Waals surface area contributed by atoms with Crippen LogP contribution in [0.15, 0.2) is 42.6 Å². The molecule has 2 heterocycles. The lowest BCUT2D eigenvalue weighted by Gasteiger charge is -2.38. The van der Waals surface area contributed by atoms with Crippen LogP contribution >= 0.6 is 11.6 Å². The number of hydrogen-bond acceptors (Lipinski definition) is 5. The number of aliphatic hydroxyl groups excluding tert-OH is 1. The average Bonchev–Trinajstić information content (AvgIpc) is 2.71. The molecule has 0 bridgehead atoms. The number of rotatable bonds is 6. The zero-order valence-corrected chi connectivity index (χ0v) is 16.5. The van der Waals surface area contributed by atoms with Gasteiger partial charge in [0.05, 0.1) is 19.9 Å². The molecule has 3 rings (SSSR count). The number of benzene rings is 1. The van der Waals surface area contributed by atoms with Crippen LogP contribution in [0.25, 0.3) is 0 Å². The van der Waals surface area contributed by atoms with Crippen molar-refractivity contribution >= 4 is 23.3 Å². The van der Waals surface area contributed by atoms with Gasteiger partial charge in [0.25, 0.3) is 0 Å². The van der Waals surface area contributed by atoms with Gasteiger partial charge in [-0.3, -0.25) is 4.98 Å². The van der Waals surface area contributed by atoms with Crippen LogP contribution in [0.3, 0.4) is 0 Å². The molecule has 0 unspecified atom stereocenters. The van der Waals surface area contributed by atoms with E-state index >= 15 is 0 Å². The molecular formula is C20H25ClN4O3. The van der Waals surface area contributed by atoms with Gasteiger partial charge in [0.15, 0.2) is 0 Å². The fourth-order valence-electron chi connectivity index (χ4n) is 3.44. The number of likely N-dealkylation sites (tertiary alicyclic amines) is 1. The zero-order chi connectivity index (χ0) is 19.9. The van der Waals surface area contributed by atoms with E-state index in [-0.39, 0.29) is 24.6 Å². The summed E-state index contributed by atoms with van der Waals surface area (Å²) in [6.45, 7) is 2.24. The first kappa shape index (κ1) is 20.4. The summed E-state index contributed by atoms with van der Waals surface area (Å²) in [6.07, 6.45) is 2.46. The Morgan fingerprint density at radius 1 is 1.32 bits per heavy atom. The second kappa shape index (κ2) is 9.73. The zero-order valence-electron chi connectivity index (χ0n) is 15.8. The molecule has 0 spiro atoms. The fourth-order valence-corrected chi connectivity index (χ4v) is 3.56. The minimum Gasteiger partial charge on any atom is -0.495 e. The molecule has 2 atom stereocenters. The van der Waals surface area contributed by atoms with Gasteiger partial charge < -0.3 is 25.4 Å². The predicted octanol–water partition coefficient (Wildman–Crippen LogP) is 2.72. The molecule has 8 heteroatoms. The summed E-state index contributed by atoms with van der Waals surface area (Å²) < 4.78 is 5.19. The van der Waals surface area contributed by atoms with E-state index in [0.29, 0.717) is 29.5 Å². The van der Waals surface area contributed by atoms with E-state index in [1.165, 1.54) is 0 Å². The number of aliphatic hydroxyl groups is 1. The number of urea groups is 1. The van der Waals surface area contributed by atoms with E-state index in [9.17, 15) is 9.90 Å². The van der Waals surface area contributed by atoms with Crippen molar-refractivity contribution in [1.29, 1.82) is 0 Å². The number of amides is 2. The van der Waals surface area contributed by atoms with Gasteiger partial charge in [0.2, 0.25) is 0 Å². The van der Waals surface area contributed by atoms with Crippen LogP contribution < -0.4 is 15.4 Å². The molecule has 28 heavy (non-hydrogen) atoms. The van der Waals surface area contributed by atoms with E-state index in [2.05, 4.69) is 20.5 Å². The minimum atomic E-state index is -0.263. The van der Waals surface area contributed by atoms with E-state index < -0.39 is 0 Å². The third-order valence-corrected chi connectivity index (χ3v) is 5.16. The molecule has 1 fully saturated rings. The van der Waals surface area contributed by atoms with Crippen LogP contribution in [0.1, 0.15) is 18.0 Å². The van der Waals surface area contributed by atoms with Crippen molar-refractivity contribution in [1.82, 2.24) is 15.2 Å². The monoisotopic (exact) mass is 404 g/mol. The Bertz CT molecular complexity index is 770. The van der Waals surface area contributed by atoms with Crippen molar-refractivity contribution in [2.24, 2.45) is 0 Å². The molecule has 1 saturated heterocycles. The molecule has 150 valence electrons. The third-order valence-electron chi connectivity index (χ3n) is 4.91. The van der Waals surface area contributed by atoms with Crippen LogP contribution in [0.4, 0.5) is 10.5 Å².